The minimum Gasteiger partial charge on any atom is -0.343 e. The molecule has 1 aliphatic heterocycles. The van der Waals surface area contributed by atoms with E-state index in [1.54, 1.807) is 16.2 Å². The predicted octanol–water partition coefficient (Wildman–Crippen LogP) is 2.84. The zero-order chi connectivity index (χ0) is 20.1. The van der Waals surface area contributed by atoms with E-state index in [-0.39, 0.29) is 18.0 Å². The lowest BCUT2D eigenvalue weighted by molar-refractivity contribution is -0.137. The highest BCUT2D eigenvalue weighted by Gasteiger charge is 2.30. The normalized spacial score (nSPS) is 15.5. The molecule has 2 amide bonds. The number of amides is 2. The summed E-state index contributed by atoms with van der Waals surface area (Å²) < 4.78 is 37.7. The van der Waals surface area contributed by atoms with Crippen LogP contribution >= 0.6 is 11.3 Å². The van der Waals surface area contributed by atoms with E-state index >= 15 is 0 Å². The molecule has 0 aliphatic carbocycles. The Kier molecular flexibility index (Phi) is 6.35. The van der Waals surface area contributed by atoms with Gasteiger partial charge in [-0.25, -0.2) is 0 Å². The molecule has 5 nitrogen and oxygen atoms in total. The molecule has 3 rings (SSSR count). The van der Waals surface area contributed by atoms with Crippen LogP contribution < -0.4 is 5.32 Å². The van der Waals surface area contributed by atoms with Crippen molar-refractivity contribution in [3.63, 3.8) is 0 Å². The second-order valence-electron chi connectivity index (χ2n) is 6.55. The van der Waals surface area contributed by atoms with Crippen LogP contribution in [0.5, 0.6) is 0 Å². The Balaban J connectivity index is 1.43. The number of thiophene rings is 1. The summed E-state index contributed by atoms with van der Waals surface area (Å²) in [5.74, 6) is -0.770. The number of nitrogens with zero attached hydrogens (tertiary/aromatic N) is 2. The van der Waals surface area contributed by atoms with Crippen molar-refractivity contribution >= 4 is 23.2 Å². The molecule has 2 heterocycles. The maximum absolute atomic E-state index is 12.6. The first-order valence-corrected chi connectivity index (χ1v) is 9.74. The highest BCUT2D eigenvalue weighted by molar-refractivity contribution is 7.07. The lowest BCUT2D eigenvalue weighted by atomic mass is 10.1. The minimum absolute atomic E-state index is 0.0846. The number of carbonyl (C=O) groups is 2. The summed E-state index contributed by atoms with van der Waals surface area (Å²) in [7, 11) is 0. The van der Waals surface area contributed by atoms with Crippen molar-refractivity contribution in [2.24, 2.45) is 0 Å². The van der Waals surface area contributed by atoms with Gasteiger partial charge in [-0.1, -0.05) is 0 Å². The molecule has 1 saturated heterocycles. The van der Waals surface area contributed by atoms with Crippen molar-refractivity contribution < 1.29 is 22.8 Å². The van der Waals surface area contributed by atoms with Gasteiger partial charge in [0.1, 0.15) is 0 Å². The van der Waals surface area contributed by atoms with E-state index in [2.05, 4.69) is 21.7 Å². The minimum atomic E-state index is -4.45. The third-order valence-corrected chi connectivity index (χ3v) is 5.32. The van der Waals surface area contributed by atoms with Gasteiger partial charge in [-0.05, 0) is 46.7 Å². The highest BCUT2D eigenvalue weighted by Crippen LogP contribution is 2.29. The van der Waals surface area contributed by atoms with Crippen LogP contribution in [0.15, 0.2) is 41.1 Å². The topological polar surface area (TPSA) is 52.7 Å². The van der Waals surface area contributed by atoms with Crippen molar-refractivity contribution in [1.29, 1.82) is 0 Å². The van der Waals surface area contributed by atoms with Gasteiger partial charge in [0.05, 0.1) is 12.1 Å². The number of hydrogen-bond acceptors (Lipinski definition) is 4. The number of piperazine rings is 1. The quantitative estimate of drug-likeness (QED) is 0.823. The summed E-state index contributed by atoms with van der Waals surface area (Å²) in [5.41, 5.74) is 0.524. The molecule has 0 saturated carbocycles. The third-order valence-electron chi connectivity index (χ3n) is 4.59. The molecule has 0 bridgehead atoms. The van der Waals surface area contributed by atoms with Crippen molar-refractivity contribution in [2.75, 3.05) is 32.7 Å². The van der Waals surface area contributed by atoms with Gasteiger partial charge in [0.2, 0.25) is 5.91 Å². The molecule has 0 unspecified atom stereocenters. The number of halogens is 3. The molecule has 2 aromatic rings. The van der Waals surface area contributed by atoms with Gasteiger partial charge in [0.25, 0.3) is 5.91 Å². The summed E-state index contributed by atoms with van der Waals surface area (Å²) in [6, 6.07) is 5.99. The molecule has 1 fully saturated rings. The SMILES string of the molecule is O=C(NCC(=O)N1CCN(Cc2ccsc2)CC1)c1ccc(C(F)(F)F)cc1. The molecule has 0 radical (unpaired) electrons. The second kappa shape index (κ2) is 8.74. The van der Waals surface area contributed by atoms with Gasteiger partial charge in [0.15, 0.2) is 0 Å². The fourth-order valence-electron chi connectivity index (χ4n) is 2.98. The zero-order valence-corrected chi connectivity index (χ0v) is 15.9. The largest absolute Gasteiger partial charge is 0.416 e. The van der Waals surface area contributed by atoms with Crippen molar-refractivity contribution in [3.05, 3.63) is 57.8 Å². The maximum Gasteiger partial charge on any atom is 0.416 e. The molecule has 1 aromatic carbocycles. The first-order valence-electron chi connectivity index (χ1n) is 8.79. The highest BCUT2D eigenvalue weighted by atomic mass is 32.1. The van der Waals surface area contributed by atoms with Crippen LogP contribution in [0.2, 0.25) is 0 Å². The van der Waals surface area contributed by atoms with Gasteiger partial charge in [-0.3, -0.25) is 14.5 Å². The number of alkyl halides is 3. The fourth-order valence-corrected chi connectivity index (χ4v) is 3.64. The van der Waals surface area contributed by atoms with E-state index in [0.717, 1.165) is 43.9 Å². The van der Waals surface area contributed by atoms with Crippen LogP contribution in [-0.2, 0) is 17.5 Å². The van der Waals surface area contributed by atoms with Crippen LogP contribution in [0.3, 0.4) is 0 Å². The molecule has 0 atom stereocenters. The average molecular weight is 411 g/mol. The van der Waals surface area contributed by atoms with Crippen LogP contribution in [-0.4, -0.2) is 54.3 Å². The Bertz CT molecular complexity index is 799. The fraction of sp³-hybridized carbons (Fsp3) is 0.368. The van der Waals surface area contributed by atoms with Gasteiger partial charge < -0.3 is 10.2 Å². The molecule has 0 spiro atoms. The lowest BCUT2D eigenvalue weighted by Crippen LogP contribution is -2.50. The maximum atomic E-state index is 12.6. The van der Waals surface area contributed by atoms with E-state index in [1.807, 2.05) is 5.38 Å². The van der Waals surface area contributed by atoms with Crippen LogP contribution in [0, 0.1) is 0 Å². The molecule has 150 valence electrons. The number of nitrogens with one attached hydrogen (secondary N) is 1. The Labute approximate surface area is 164 Å². The van der Waals surface area contributed by atoms with E-state index in [9.17, 15) is 22.8 Å². The van der Waals surface area contributed by atoms with Gasteiger partial charge in [-0.15, -0.1) is 0 Å². The molecule has 28 heavy (non-hydrogen) atoms. The van der Waals surface area contributed by atoms with Crippen LogP contribution in [0.25, 0.3) is 0 Å². The van der Waals surface area contributed by atoms with Gasteiger partial charge in [-0.2, -0.15) is 24.5 Å². The Morgan fingerprint density at radius 1 is 1.04 bits per heavy atom. The molecule has 1 aliphatic rings. The summed E-state index contributed by atoms with van der Waals surface area (Å²) in [5, 5.41) is 6.62. The zero-order valence-electron chi connectivity index (χ0n) is 15.0. The van der Waals surface area contributed by atoms with Gasteiger partial charge >= 0.3 is 6.18 Å². The van der Waals surface area contributed by atoms with Crippen LogP contribution in [0.1, 0.15) is 21.5 Å². The molecular weight excluding hydrogens is 391 g/mol. The summed E-state index contributed by atoms with van der Waals surface area (Å²) >= 11 is 1.66. The first-order chi connectivity index (χ1) is 13.3. The van der Waals surface area contributed by atoms with E-state index in [0.29, 0.717) is 13.1 Å². The smallest absolute Gasteiger partial charge is 0.343 e. The lowest BCUT2D eigenvalue weighted by Gasteiger charge is -2.34. The van der Waals surface area contributed by atoms with E-state index in [1.165, 1.54) is 5.56 Å². The summed E-state index contributed by atoms with van der Waals surface area (Å²) in [6.07, 6.45) is -4.45. The second-order valence-corrected chi connectivity index (χ2v) is 7.33. The van der Waals surface area contributed by atoms with E-state index in [4.69, 9.17) is 0 Å². The van der Waals surface area contributed by atoms with Crippen LogP contribution in [0.4, 0.5) is 13.2 Å². The summed E-state index contributed by atoms with van der Waals surface area (Å²) in [6.45, 7) is 3.36. The van der Waals surface area contributed by atoms with Crippen molar-refractivity contribution in [2.45, 2.75) is 12.7 Å². The number of hydrogen-bond donors (Lipinski definition) is 1. The Hall–Kier alpha value is -2.39. The third kappa shape index (κ3) is 5.32. The molecule has 1 aromatic heterocycles. The standard InChI is InChI=1S/C19H20F3N3O2S/c20-19(21,22)16-3-1-15(2-4-16)18(27)23-11-17(26)25-8-6-24(7-9-25)12-14-5-10-28-13-14/h1-5,10,13H,6-9,11-12H2,(H,23,27). The number of benzene rings is 1. The Morgan fingerprint density at radius 2 is 1.71 bits per heavy atom. The molecular formula is C19H20F3N3O2S. The summed E-state index contributed by atoms with van der Waals surface area (Å²) in [4.78, 5) is 28.3. The predicted molar refractivity (Wildman–Crippen MR) is 100.0 cm³/mol. The monoisotopic (exact) mass is 411 g/mol. The number of rotatable bonds is 5. The number of carbonyl (C=O) groups excluding carboxylic acids is 2. The molecule has 1 N–H and O–H groups in total. The Morgan fingerprint density at radius 3 is 2.29 bits per heavy atom. The average Bonchev–Trinajstić information content (AvgIpc) is 3.19. The first kappa shape index (κ1) is 20.3. The van der Waals surface area contributed by atoms with Crippen molar-refractivity contribution in [3.8, 4) is 0 Å². The molecule has 9 heteroatoms. The van der Waals surface area contributed by atoms with Crippen molar-refractivity contribution in [1.82, 2.24) is 15.1 Å². The van der Waals surface area contributed by atoms with Gasteiger partial charge in [0, 0.05) is 38.3 Å². The van der Waals surface area contributed by atoms with E-state index < -0.39 is 17.6 Å².